The number of hydrogen-bond donors (Lipinski definition) is 10. The van der Waals surface area contributed by atoms with Crippen LogP contribution in [0.15, 0.2) is 54.6 Å². The Labute approximate surface area is 395 Å². The number of Topliss-reactive ketones (excluding diaryl/α,β-unsaturated/α-hetero) is 1. The maximum absolute atomic E-state index is 14.8. The number of phenolic OH excluding ortho intramolecular Hbond substituents is 1. The minimum Gasteiger partial charge on any atom is -0.504 e. The predicted molar refractivity (Wildman–Crippen MR) is 254 cm³/mol. The molecule has 0 spiro atoms. The number of aryl methyl sites for hydroxylation is 1. The molecule has 0 saturated carbocycles. The third-order valence-electron chi connectivity index (χ3n) is 11.5. The number of aliphatic hydroxyl groups excluding tert-OH is 2. The molecular weight excluding hydrogens is 877 g/mol. The van der Waals surface area contributed by atoms with Gasteiger partial charge in [-0.25, -0.2) is 9.97 Å². The summed E-state index contributed by atoms with van der Waals surface area (Å²) < 4.78 is 11.9. The number of nitrogens with zero attached hydrogens (tertiary/aromatic N) is 3. The summed E-state index contributed by atoms with van der Waals surface area (Å²) in [5.74, 6) is -4.01. The quantitative estimate of drug-likeness (QED) is 0.0746. The van der Waals surface area contributed by atoms with Crippen LogP contribution in [0, 0.1) is 6.92 Å². The van der Waals surface area contributed by atoms with Gasteiger partial charge in [-0.05, 0) is 86.5 Å². The SMILES string of the molecule is CC(=O)[C@@H]1Cc2ccc(OC[C@H](O)CN)c(c2)-c2cc(cc(OC[C@H](O)CN)c2O)[C@H](N(C)C(=O)[C@H](CCN)NC(=O)c2c(C)nc(-c3ccc(C(C)(C)C)cc3)nc2N)C(=O)N[C@@H](C)C(=O)N1. The molecule has 1 aliphatic heterocycles. The maximum Gasteiger partial charge on any atom is 0.257 e. The Hall–Kier alpha value is -6.71. The van der Waals surface area contributed by atoms with Gasteiger partial charge < -0.3 is 68.6 Å². The van der Waals surface area contributed by atoms with E-state index in [0.29, 0.717) is 17.0 Å². The van der Waals surface area contributed by atoms with Crippen LogP contribution in [0.4, 0.5) is 5.82 Å². The number of benzene rings is 3. The lowest BCUT2D eigenvalue weighted by Crippen LogP contribution is -2.55. The van der Waals surface area contributed by atoms with Crippen molar-refractivity contribution in [2.45, 2.75) is 96.2 Å². The Kier molecular flexibility index (Phi) is 17.2. The van der Waals surface area contributed by atoms with Gasteiger partial charge in [-0.3, -0.25) is 24.0 Å². The fraction of sp³-hybridized carbons (Fsp3) is 0.438. The average Bonchev–Trinajstić information content (AvgIpc) is 3.29. The highest BCUT2D eigenvalue weighted by Gasteiger charge is 2.37. The smallest absolute Gasteiger partial charge is 0.257 e. The number of ketones is 1. The topological polar surface area (TPSA) is 334 Å². The first kappa shape index (κ1) is 52.3. The molecule has 4 bridgehead atoms. The second kappa shape index (κ2) is 22.4. The number of hydrogen-bond acceptors (Lipinski definition) is 16. The number of aromatic hydroxyl groups is 1. The third-order valence-corrected chi connectivity index (χ3v) is 11.5. The number of likely N-dealkylation sites (N-methyl/N-ethyl adjacent to an activating group) is 1. The van der Waals surface area contributed by atoms with Crippen molar-refractivity contribution in [1.82, 2.24) is 30.8 Å². The summed E-state index contributed by atoms with van der Waals surface area (Å²) in [4.78, 5) is 80.1. The molecule has 4 amide bonds. The van der Waals surface area contributed by atoms with Crippen LogP contribution in [0.3, 0.4) is 0 Å². The zero-order valence-corrected chi connectivity index (χ0v) is 39.5. The van der Waals surface area contributed by atoms with Gasteiger partial charge in [0.05, 0.1) is 11.7 Å². The average molecular weight is 941 g/mol. The Morgan fingerprint density at radius 3 is 2.10 bits per heavy atom. The fourth-order valence-corrected chi connectivity index (χ4v) is 7.54. The third kappa shape index (κ3) is 12.4. The molecule has 6 atom stereocenters. The summed E-state index contributed by atoms with van der Waals surface area (Å²) in [5.41, 5.74) is 26.3. The Morgan fingerprint density at radius 1 is 0.897 bits per heavy atom. The van der Waals surface area contributed by atoms with Crippen LogP contribution in [-0.4, -0.2) is 130 Å². The first-order chi connectivity index (χ1) is 32.1. The maximum atomic E-state index is 14.8. The van der Waals surface area contributed by atoms with E-state index in [-0.39, 0.29) is 89.8 Å². The molecular formula is C48H64N10O10. The van der Waals surface area contributed by atoms with Crippen LogP contribution >= 0.6 is 0 Å². The van der Waals surface area contributed by atoms with E-state index < -0.39 is 78.1 Å². The minimum atomic E-state index is -1.63. The second-order valence-corrected chi connectivity index (χ2v) is 17.9. The molecule has 2 heterocycles. The van der Waals surface area contributed by atoms with E-state index in [1.165, 1.54) is 33.0 Å². The number of fused-ring (bicyclic) bond motifs is 5. The van der Waals surface area contributed by atoms with Crippen LogP contribution in [0.5, 0.6) is 17.2 Å². The first-order valence-electron chi connectivity index (χ1n) is 22.2. The molecule has 3 aromatic carbocycles. The number of anilines is 1. The molecule has 366 valence electrons. The van der Waals surface area contributed by atoms with E-state index in [4.69, 9.17) is 32.4 Å². The van der Waals surface area contributed by atoms with E-state index in [0.717, 1.165) is 10.5 Å². The van der Waals surface area contributed by atoms with Gasteiger partial charge in [0.25, 0.3) is 5.91 Å². The minimum absolute atomic E-state index is 0.00600. The summed E-state index contributed by atoms with van der Waals surface area (Å²) in [6.07, 6.45) is -2.37. The lowest BCUT2D eigenvalue weighted by Gasteiger charge is -2.33. The molecule has 1 aliphatic rings. The van der Waals surface area contributed by atoms with E-state index in [1.807, 2.05) is 24.3 Å². The molecule has 0 radical (unpaired) electrons. The van der Waals surface area contributed by atoms with Crippen molar-refractivity contribution in [3.8, 4) is 39.8 Å². The number of aromatic nitrogens is 2. The molecule has 20 nitrogen and oxygen atoms in total. The summed E-state index contributed by atoms with van der Waals surface area (Å²) in [6.45, 7) is 9.49. The number of nitrogens with two attached hydrogens (primary N) is 4. The highest BCUT2D eigenvalue weighted by molar-refractivity contribution is 6.02. The molecule has 0 aliphatic carbocycles. The Morgan fingerprint density at radius 2 is 1.53 bits per heavy atom. The lowest BCUT2D eigenvalue weighted by atomic mass is 9.86. The van der Waals surface area contributed by atoms with Crippen molar-refractivity contribution in [2.24, 2.45) is 17.2 Å². The number of amides is 4. The van der Waals surface area contributed by atoms with Crippen molar-refractivity contribution in [1.29, 1.82) is 0 Å². The van der Waals surface area contributed by atoms with E-state index >= 15 is 0 Å². The summed E-state index contributed by atoms with van der Waals surface area (Å²) in [5, 5.41) is 40.7. The molecule has 4 aromatic rings. The van der Waals surface area contributed by atoms with Gasteiger partial charge in [0.2, 0.25) is 17.7 Å². The van der Waals surface area contributed by atoms with Crippen LogP contribution < -0.4 is 48.4 Å². The Bertz CT molecular complexity index is 2470. The van der Waals surface area contributed by atoms with Crippen LogP contribution in [0.2, 0.25) is 0 Å². The van der Waals surface area contributed by atoms with Gasteiger partial charge in [-0.15, -0.1) is 0 Å². The lowest BCUT2D eigenvalue weighted by molar-refractivity contribution is -0.141. The number of carbonyl (C=O) groups is 5. The molecule has 20 heteroatoms. The van der Waals surface area contributed by atoms with E-state index in [2.05, 4.69) is 46.7 Å². The van der Waals surface area contributed by atoms with Crippen molar-refractivity contribution in [3.05, 3.63) is 82.5 Å². The summed E-state index contributed by atoms with van der Waals surface area (Å²) in [6, 6.07) is 9.85. The zero-order chi connectivity index (χ0) is 50.2. The molecule has 0 saturated heterocycles. The van der Waals surface area contributed by atoms with Gasteiger partial charge >= 0.3 is 0 Å². The number of rotatable bonds is 16. The van der Waals surface area contributed by atoms with Gasteiger partial charge in [0.1, 0.15) is 60.7 Å². The number of nitrogens with one attached hydrogen (secondary N) is 3. The highest BCUT2D eigenvalue weighted by Crippen LogP contribution is 2.45. The molecule has 14 N–H and O–H groups in total. The molecule has 0 fully saturated rings. The van der Waals surface area contributed by atoms with E-state index in [9.17, 15) is 39.3 Å². The predicted octanol–water partition coefficient (Wildman–Crippen LogP) is 0.883. The summed E-state index contributed by atoms with van der Waals surface area (Å²) >= 11 is 0. The van der Waals surface area contributed by atoms with Crippen molar-refractivity contribution in [2.75, 3.05) is 45.6 Å². The molecule has 5 rings (SSSR count). The molecule has 0 unspecified atom stereocenters. The van der Waals surface area contributed by atoms with Crippen LogP contribution in [-0.2, 0) is 31.0 Å². The molecule has 1 aromatic heterocycles. The number of nitrogen functional groups attached to an aromatic ring is 1. The normalized spacial score (nSPS) is 17.7. The van der Waals surface area contributed by atoms with Gasteiger partial charge in [0, 0.05) is 36.8 Å². The van der Waals surface area contributed by atoms with E-state index in [1.54, 1.807) is 25.1 Å². The van der Waals surface area contributed by atoms with Crippen LogP contribution in [0.1, 0.15) is 79.8 Å². The fourth-order valence-electron chi connectivity index (χ4n) is 7.54. The highest BCUT2D eigenvalue weighted by atomic mass is 16.5. The molecule has 68 heavy (non-hydrogen) atoms. The Balaban J connectivity index is 1.62. The van der Waals surface area contributed by atoms with Gasteiger partial charge in [0.15, 0.2) is 23.1 Å². The van der Waals surface area contributed by atoms with Crippen LogP contribution in [0.25, 0.3) is 22.5 Å². The standard InChI is InChI=1S/C48H64N10O10/c1-24-39(42(52)57-43(53-24)28-9-11-30(12-10-28)48(4,5)6)45(64)55-35(14-15-49)47(66)58(7)40-29-18-34(41(62)38(19-29)68-23-32(61)21-51)33-16-27(8-13-37(33)67-22-31(60)20-50)17-36(26(3)59)56-44(63)25(2)54-46(40)65/h8-13,16,18-19,25,31-32,35-36,40,60-62H,14-15,17,20-23,49-51H2,1-7H3,(H,54,65)(H,55,64)(H,56,63)(H2,52,53,57)/t25-,31+,32+,35-,36-,40-/m0/s1. The van der Waals surface area contributed by atoms with Crippen molar-refractivity contribution in [3.63, 3.8) is 0 Å². The van der Waals surface area contributed by atoms with Gasteiger partial charge in [-0.2, -0.15) is 0 Å². The van der Waals surface area contributed by atoms with Crippen molar-refractivity contribution < 1.29 is 48.8 Å². The second-order valence-electron chi connectivity index (χ2n) is 17.9. The monoisotopic (exact) mass is 940 g/mol. The van der Waals surface area contributed by atoms with Crippen molar-refractivity contribution >= 4 is 35.2 Å². The number of ether oxygens (including phenoxy) is 2. The largest absolute Gasteiger partial charge is 0.504 e. The number of phenols is 1. The zero-order valence-electron chi connectivity index (χ0n) is 39.5. The van der Waals surface area contributed by atoms with Gasteiger partial charge in [-0.1, -0.05) is 51.1 Å². The number of carbonyl (C=O) groups excluding carboxylic acids is 5. The summed E-state index contributed by atoms with van der Waals surface area (Å²) in [7, 11) is 1.30. The number of aliphatic hydroxyl groups is 2. The first-order valence-corrected chi connectivity index (χ1v) is 22.2.